The van der Waals surface area contributed by atoms with Gasteiger partial charge in [0, 0.05) is 5.54 Å². The maximum absolute atomic E-state index is 6.20. The van der Waals surface area contributed by atoms with Crippen molar-refractivity contribution in [2.45, 2.75) is 40.2 Å². The van der Waals surface area contributed by atoms with Crippen LogP contribution >= 0.6 is 23.8 Å². The van der Waals surface area contributed by atoms with Crippen LogP contribution in [0.2, 0.25) is 5.02 Å². The zero-order valence-corrected chi connectivity index (χ0v) is 12.5. The second-order valence-corrected chi connectivity index (χ2v) is 6.08. The second kappa shape index (κ2) is 5.23. The highest BCUT2D eigenvalue weighted by atomic mass is 35.5. The van der Waals surface area contributed by atoms with E-state index in [1.165, 1.54) is 0 Å². The Morgan fingerprint density at radius 3 is 2.29 bits per heavy atom. The number of anilines is 1. The minimum Gasteiger partial charge on any atom is -0.358 e. The topological polar surface area (TPSA) is 24.1 Å². The standard InChI is InChI=1S/C13H19ClN2S/c1-8-6-9(2)11(10(14)7-8)15-12(17)16-13(3,4)5/h6-7H,1-5H3,(H2,15,16,17). The van der Waals surface area contributed by atoms with Gasteiger partial charge in [-0.3, -0.25) is 0 Å². The molecule has 0 radical (unpaired) electrons. The Hall–Kier alpha value is -0.800. The van der Waals surface area contributed by atoms with Crippen LogP contribution in [0, 0.1) is 13.8 Å². The molecule has 0 amide bonds. The first-order valence-corrected chi connectivity index (χ1v) is 6.33. The van der Waals surface area contributed by atoms with Gasteiger partial charge >= 0.3 is 0 Å². The van der Waals surface area contributed by atoms with E-state index in [2.05, 4.69) is 37.5 Å². The van der Waals surface area contributed by atoms with Gasteiger partial charge < -0.3 is 10.6 Å². The lowest BCUT2D eigenvalue weighted by molar-refractivity contribution is 0.515. The van der Waals surface area contributed by atoms with E-state index >= 15 is 0 Å². The number of nitrogens with one attached hydrogen (secondary N) is 2. The summed E-state index contributed by atoms with van der Waals surface area (Å²) >= 11 is 11.5. The van der Waals surface area contributed by atoms with Crippen LogP contribution in [0.4, 0.5) is 5.69 Å². The zero-order valence-electron chi connectivity index (χ0n) is 10.9. The van der Waals surface area contributed by atoms with Crippen LogP contribution in [-0.2, 0) is 0 Å². The highest BCUT2D eigenvalue weighted by molar-refractivity contribution is 7.80. The average molecular weight is 271 g/mol. The first kappa shape index (κ1) is 14.3. The van der Waals surface area contributed by atoms with Crippen molar-refractivity contribution < 1.29 is 0 Å². The molecule has 1 aromatic carbocycles. The van der Waals surface area contributed by atoms with Gasteiger partial charge in [0.2, 0.25) is 0 Å². The Morgan fingerprint density at radius 2 is 1.82 bits per heavy atom. The van der Waals surface area contributed by atoms with Gasteiger partial charge in [-0.05, 0) is 64.0 Å². The molecule has 0 atom stereocenters. The van der Waals surface area contributed by atoms with Crippen molar-refractivity contribution in [3.8, 4) is 0 Å². The Balaban J connectivity index is 2.86. The van der Waals surface area contributed by atoms with Gasteiger partial charge in [-0.15, -0.1) is 0 Å². The normalized spacial score (nSPS) is 11.2. The van der Waals surface area contributed by atoms with Crippen LogP contribution in [0.15, 0.2) is 12.1 Å². The summed E-state index contributed by atoms with van der Waals surface area (Å²) in [5, 5.41) is 7.63. The minimum absolute atomic E-state index is 0.0604. The molecule has 0 aliphatic rings. The Kier molecular flexibility index (Phi) is 4.39. The fourth-order valence-electron chi connectivity index (χ4n) is 1.56. The van der Waals surface area contributed by atoms with Gasteiger partial charge in [0.25, 0.3) is 0 Å². The lowest BCUT2D eigenvalue weighted by Crippen LogP contribution is -2.43. The predicted molar refractivity (Wildman–Crippen MR) is 80.0 cm³/mol. The molecule has 0 heterocycles. The third kappa shape index (κ3) is 4.52. The molecular formula is C13H19ClN2S. The first-order chi connectivity index (χ1) is 7.69. The lowest BCUT2D eigenvalue weighted by Gasteiger charge is -2.24. The molecule has 1 aromatic rings. The number of halogens is 1. The summed E-state index contributed by atoms with van der Waals surface area (Å²) in [5.41, 5.74) is 3.05. The number of aryl methyl sites for hydroxylation is 2. The molecule has 0 aliphatic carbocycles. The van der Waals surface area contributed by atoms with E-state index in [4.69, 9.17) is 23.8 Å². The molecule has 2 nitrogen and oxygen atoms in total. The van der Waals surface area contributed by atoms with Crippen molar-refractivity contribution in [3.63, 3.8) is 0 Å². The smallest absolute Gasteiger partial charge is 0.171 e. The molecule has 0 aromatic heterocycles. The van der Waals surface area contributed by atoms with Gasteiger partial charge in [0.05, 0.1) is 10.7 Å². The van der Waals surface area contributed by atoms with Crippen molar-refractivity contribution in [1.82, 2.24) is 5.32 Å². The molecule has 0 saturated carbocycles. The molecule has 0 spiro atoms. The molecule has 0 aliphatic heterocycles. The third-order valence-corrected chi connectivity index (χ3v) is 2.66. The van der Waals surface area contributed by atoms with E-state index in [1.54, 1.807) is 0 Å². The Morgan fingerprint density at radius 1 is 1.24 bits per heavy atom. The van der Waals surface area contributed by atoms with Crippen molar-refractivity contribution in [3.05, 3.63) is 28.3 Å². The zero-order chi connectivity index (χ0) is 13.2. The number of hydrogen-bond acceptors (Lipinski definition) is 1. The fourth-order valence-corrected chi connectivity index (χ4v) is 2.34. The molecule has 0 bridgehead atoms. The Bertz CT molecular complexity index is 413. The van der Waals surface area contributed by atoms with Crippen LogP contribution in [0.3, 0.4) is 0 Å². The number of benzene rings is 1. The van der Waals surface area contributed by atoms with Crippen molar-refractivity contribution in [2.75, 3.05) is 5.32 Å². The molecule has 0 saturated heterocycles. The van der Waals surface area contributed by atoms with Crippen molar-refractivity contribution in [1.29, 1.82) is 0 Å². The van der Waals surface area contributed by atoms with Crippen LogP contribution < -0.4 is 10.6 Å². The largest absolute Gasteiger partial charge is 0.358 e. The van der Waals surface area contributed by atoms with Gasteiger partial charge in [-0.2, -0.15) is 0 Å². The summed E-state index contributed by atoms with van der Waals surface area (Å²) in [6.45, 7) is 10.2. The predicted octanol–water partition coefficient (Wildman–Crippen LogP) is 4.04. The molecule has 1 rings (SSSR count). The van der Waals surface area contributed by atoms with Crippen LogP contribution in [0.5, 0.6) is 0 Å². The third-order valence-electron chi connectivity index (χ3n) is 2.16. The highest BCUT2D eigenvalue weighted by Crippen LogP contribution is 2.27. The molecule has 2 N–H and O–H groups in total. The van der Waals surface area contributed by atoms with Gasteiger partial charge in [0.15, 0.2) is 5.11 Å². The number of thiocarbonyl (C=S) groups is 1. The van der Waals surface area contributed by atoms with Crippen LogP contribution in [0.25, 0.3) is 0 Å². The Labute approximate surface area is 114 Å². The second-order valence-electron chi connectivity index (χ2n) is 5.27. The van der Waals surface area contributed by atoms with Gasteiger partial charge in [-0.1, -0.05) is 17.7 Å². The summed E-state index contributed by atoms with van der Waals surface area (Å²) in [5.74, 6) is 0. The van der Waals surface area contributed by atoms with E-state index in [0.29, 0.717) is 10.1 Å². The number of hydrogen-bond donors (Lipinski definition) is 2. The van der Waals surface area contributed by atoms with E-state index in [1.807, 2.05) is 19.9 Å². The SMILES string of the molecule is Cc1cc(C)c(NC(=S)NC(C)(C)C)c(Cl)c1. The molecule has 17 heavy (non-hydrogen) atoms. The number of rotatable bonds is 1. The average Bonchev–Trinajstić information content (AvgIpc) is 2.08. The monoisotopic (exact) mass is 270 g/mol. The molecule has 0 unspecified atom stereocenters. The molecule has 4 heteroatoms. The summed E-state index contributed by atoms with van der Waals surface area (Å²) in [4.78, 5) is 0. The summed E-state index contributed by atoms with van der Waals surface area (Å²) in [7, 11) is 0. The molecule has 0 fully saturated rings. The van der Waals surface area contributed by atoms with E-state index in [-0.39, 0.29) is 5.54 Å². The van der Waals surface area contributed by atoms with Crippen molar-refractivity contribution in [2.24, 2.45) is 0 Å². The van der Waals surface area contributed by atoms with Crippen molar-refractivity contribution >= 4 is 34.6 Å². The van der Waals surface area contributed by atoms with E-state index < -0.39 is 0 Å². The van der Waals surface area contributed by atoms with Gasteiger partial charge in [-0.25, -0.2) is 0 Å². The summed E-state index contributed by atoms with van der Waals surface area (Å²) in [6.07, 6.45) is 0. The quantitative estimate of drug-likeness (QED) is 0.753. The van der Waals surface area contributed by atoms with E-state index in [9.17, 15) is 0 Å². The van der Waals surface area contributed by atoms with E-state index in [0.717, 1.165) is 16.8 Å². The summed E-state index contributed by atoms with van der Waals surface area (Å²) in [6, 6.07) is 4.00. The lowest BCUT2D eigenvalue weighted by atomic mass is 10.1. The maximum atomic E-state index is 6.20. The highest BCUT2D eigenvalue weighted by Gasteiger charge is 2.13. The maximum Gasteiger partial charge on any atom is 0.171 e. The molecule has 94 valence electrons. The summed E-state index contributed by atoms with van der Waals surface area (Å²) < 4.78 is 0. The van der Waals surface area contributed by atoms with Crippen LogP contribution in [0.1, 0.15) is 31.9 Å². The first-order valence-electron chi connectivity index (χ1n) is 5.55. The fraction of sp³-hybridized carbons (Fsp3) is 0.462. The van der Waals surface area contributed by atoms with Crippen LogP contribution in [-0.4, -0.2) is 10.7 Å². The molecular weight excluding hydrogens is 252 g/mol. The minimum atomic E-state index is -0.0604. The van der Waals surface area contributed by atoms with Gasteiger partial charge in [0.1, 0.15) is 0 Å².